The molecule has 0 aliphatic carbocycles. The van der Waals surface area contributed by atoms with Crippen LogP contribution in [-0.2, 0) is 16.8 Å². The lowest BCUT2D eigenvalue weighted by atomic mass is 9.69. The maximum absolute atomic E-state index is 10.6. The lowest BCUT2D eigenvalue weighted by molar-refractivity contribution is -0.192. The summed E-state index contributed by atoms with van der Waals surface area (Å²) in [5.41, 5.74) is 4.84. The summed E-state index contributed by atoms with van der Waals surface area (Å²) in [5.74, 6) is -1.20. The van der Waals surface area contributed by atoms with Crippen molar-refractivity contribution in [2.24, 2.45) is 0 Å². The van der Waals surface area contributed by atoms with E-state index in [1.54, 1.807) is 12.3 Å². The van der Waals surface area contributed by atoms with E-state index in [1.165, 1.54) is 5.56 Å². The van der Waals surface area contributed by atoms with E-state index in [9.17, 15) is 23.5 Å². The van der Waals surface area contributed by atoms with Crippen LogP contribution in [0.1, 0.15) is 43.0 Å². The molecule has 14 heteroatoms. The minimum absolute atomic E-state index is 0.0501. The molecule has 2 fully saturated rings. The first-order valence-electron chi connectivity index (χ1n) is 15.4. The molecule has 0 radical (unpaired) electrons. The standard InChI is InChI=1S/C31H35ClN6O2.C2HF3O2/c1-2-40-29-6-4-3-5-25(29)27-8-7-26-28(36-27)19-37(18-23-14-24(39)17-34-23)20-31(26)9-11-38(12-10-31)30-21(15-33)13-22(32)16-35-30;3-2(4,5)1(6)7/h3-8,13,16,23-24,34,39H,2,9-12,14,17-20H2,1H3;(H,6,7)/t23-,24+;/m1./s1. The van der Waals surface area contributed by atoms with E-state index in [-0.39, 0.29) is 17.6 Å². The van der Waals surface area contributed by atoms with Gasteiger partial charge in [0.25, 0.3) is 0 Å². The Labute approximate surface area is 275 Å². The fraction of sp³-hybridized carbons (Fsp3) is 0.455. The highest BCUT2D eigenvalue weighted by Crippen LogP contribution is 2.43. The Bertz CT molecular complexity index is 1630. The number of para-hydroxylation sites is 1. The number of aliphatic hydroxyl groups is 1. The molecule has 0 bridgehead atoms. The number of aliphatic hydroxyl groups excluding tert-OH is 1. The van der Waals surface area contributed by atoms with E-state index in [2.05, 4.69) is 44.4 Å². The van der Waals surface area contributed by atoms with E-state index in [0.29, 0.717) is 29.6 Å². The van der Waals surface area contributed by atoms with Crippen LogP contribution in [0.25, 0.3) is 11.3 Å². The molecule has 2 atom stereocenters. The summed E-state index contributed by atoms with van der Waals surface area (Å²) in [6.45, 7) is 7.44. The number of nitriles is 1. The Balaban J connectivity index is 0.000000559. The maximum atomic E-state index is 10.6. The van der Waals surface area contributed by atoms with Crippen molar-refractivity contribution in [1.29, 1.82) is 5.26 Å². The van der Waals surface area contributed by atoms with Crippen molar-refractivity contribution in [3.8, 4) is 23.1 Å². The number of ether oxygens (including phenoxy) is 1. The molecule has 1 aromatic carbocycles. The fourth-order valence-corrected chi connectivity index (χ4v) is 6.87. The Hall–Kier alpha value is -3.96. The average Bonchev–Trinajstić information content (AvgIpc) is 3.45. The van der Waals surface area contributed by atoms with E-state index in [4.69, 9.17) is 31.2 Å². The molecule has 10 nitrogen and oxygen atoms in total. The van der Waals surface area contributed by atoms with Crippen LogP contribution in [0.2, 0.25) is 5.02 Å². The van der Waals surface area contributed by atoms with Gasteiger partial charge in [0.15, 0.2) is 0 Å². The van der Waals surface area contributed by atoms with Gasteiger partial charge in [0.2, 0.25) is 0 Å². The van der Waals surface area contributed by atoms with E-state index in [0.717, 1.165) is 74.7 Å². The van der Waals surface area contributed by atoms with Crippen LogP contribution in [0.5, 0.6) is 5.75 Å². The van der Waals surface area contributed by atoms with E-state index >= 15 is 0 Å². The molecule has 47 heavy (non-hydrogen) atoms. The van der Waals surface area contributed by atoms with Crippen LogP contribution in [0.15, 0.2) is 48.7 Å². The number of carboxylic acid groups (broad SMARTS) is 1. The van der Waals surface area contributed by atoms with Gasteiger partial charge >= 0.3 is 12.1 Å². The number of fused-ring (bicyclic) bond motifs is 2. The number of alkyl halides is 3. The number of hydrogen-bond acceptors (Lipinski definition) is 9. The summed E-state index contributed by atoms with van der Waals surface area (Å²) >= 11 is 6.11. The van der Waals surface area contributed by atoms with Crippen molar-refractivity contribution in [2.75, 3.05) is 44.2 Å². The Morgan fingerprint density at radius 2 is 1.96 bits per heavy atom. The number of aliphatic carboxylic acids is 1. The highest BCUT2D eigenvalue weighted by molar-refractivity contribution is 6.30. The number of benzene rings is 1. The molecule has 0 saturated carbocycles. The molecule has 2 saturated heterocycles. The smallest absolute Gasteiger partial charge is 0.490 e. The molecule has 2 aromatic heterocycles. The normalized spacial score (nSPS) is 20.6. The number of carboxylic acids is 1. The van der Waals surface area contributed by atoms with Gasteiger partial charge in [-0.25, -0.2) is 9.78 Å². The molecule has 1 spiro atoms. The SMILES string of the molecule is CCOc1ccccc1-c1ccc2c(n1)CN(C[C@H]1C[C@H](O)CN1)CC21CCN(c2ncc(Cl)cc2C#N)CC1.O=C(O)C(F)(F)F. The monoisotopic (exact) mass is 672 g/mol. The number of piperidine rings is 1. The van der Waals surface area contributed by atoms with Gasteiger partial charge in [0, 0.05) is 62.5 Å². The van der Waals surface area contributed by atoms with Gasteiger partial charge in [-0.05, 0) is 56.0 Å². The fourth-order valence-electron chi connectivity index (χ4n) is 6.71. The number of nitrogens with one attached hydrogen (secondary N) is 1. The Morgan fingerprint density at radius 3 is 2.60 bits per heavy atom. The number of nitrogens with zero attached hydrogens (tertiary/aromatic N) is 5. The summed E-state index contributed by atoms with van der Waals surface area (Å²) in [5, 5.41) is 30.9. The van der Waals surface area contributed by atoms with Crippen LogP contribution < -0.4 is 15.0 Å². The van der Waals surface area contributed by atoms with Crippen LogP contribution in [0, 0.1) is 11.3 Å². The first kappa shape index (κ1) is 34.4. The van der Waals surface area contributed by atoms with Crippen LogP contribution in [-0.4, -0.2) is 88.7 Å². The predicted molar refractivity (Wildman–Crippen MR) is 169 cm³/mol. The second kappa shape index (κ2) is 14.4. The Morgan fingerprint density at radius 1 is 1.23 bits per heavy atom. The van der Waals surface area contributed by atoms with E-state index in [1.807, 2.05) is 25.1 Å². The molecule has 0 amide bonds. The third-order valence-corrected chi connectivity index (χ3v) is 9.01. The minimum atomic E-state index is -5.08. The zero-order valence-corrected chi connectivity index (χ0v) is 26.6. The largest absolute Gasteiger partial charge is 0.493 e. The number of pyridine rings is 2. The summed E-state index contributed by atoms with van der Waals surface area (Å²) in [6, 6.07) is 16.8. The number of aromatic nitrogens is 2. The van der Waals surface area contributed by atoms with Gasteiger partial charge < -0.3 is 25.2 Å². The van der Waals surface area contributed by atoms with Gasteiger partial charge in [-0.1, -0.05) is 29.8 Å². The molecule has 0 unspecified atom stereocenters. The first-order valence-corrected chi connectivity index (χ1v) is 15.8. The molecule has 6 rings (SSSR count). The Kier molecular flexibility index (Phi) is 10.6. The highest BCUT2D eigenvalue weighted by atomic mass is 35.5. The molecular formula is C33H36ClF3N6O4. The predicted octanol–water partition coefficient (Wildman–Crippen LogP) is 4.78. The van der Waals surface area contributed by atoms with Crippen molar-refractivity contribution >= 4 is 23.4 Å². The lowest BCUT2D eigenvalue weighted by Gasteiger charge is -2.49. The maximum Gasteiger partial charge on any atom is 0.490 e. The van der Waals surface area contributed by atoms with Crippen LogP contribution in [0.3, 0.4) is 0 Å². The zero-order valence-electron chi connectivity index (χ0n) is 25.8. The number of β-amino-alcohol motifs (C(OH)–C–C–N with tert-alkyl or cyclic N) is 1. The van der Waals surface area contributed by atoms with Gasteiger partial charge in [-0.2, -0.15) is 18.4 Å². The van der Waals surface area contributed by atoms with Crippen molar-refractivity contribution in [1.82, 2.24) is 20.2 Å². The molecule has 3 N–H and O–H groups in total. The third kappa shape index (κ3) is 7.96. The topological polar surface area (TPSA) is 135 Å². The number of hydrogen-bond donors (Lipinski definition) is 3. The highest BCUT2D eigenvalue weighted by Gasteiger charge is 2.44. The minimum Gasteiger partial charge on any atom is -0.493 e. The average molecular weight is 673 g/mol. The second-order valence-electron chi connectivity index (χ2n) is 12.0. The number of carbonyl (C=O) groups is 1. The van der Waals surface area contributed by atoms with Crippen LogP contribution >= 0.6 is 11.6 Å². The zero-order chi connectivity index (χ0) is 33.8. The summed E-state index contributed by atoms with van der Waals surface area (Å²) in [6.07, 6.45) is -1.10. The number of halogens is 4. The molecule has 5 heterocycles. The summed E-state index contributed by atoms with van der Waals surface area (Å²) < 4.78 is 37.7. The molecular weight excluding hydrogens is 637 g/mol. The molecule has 3 aliphatic rings. The van der Waals surface area contributed by atoms with E-state index < -0.39 is 12.1 Å². The first-order chi connectivity index (χ1) is 22.4. The third-order valence-electron chi connectivity index (χ3n) is 8.80. The van der Waals surface area contributed by atoms with Crippen molar-refractivity contribution in [2.45, 2.75) is 56.5 Å². The molecule has 3 aliphatic heterocycles. The van der Waals surface area contributed by atoms with Crippen molar-refractivity contribution in [3.05, 3.63) is 70.5 Å². The van der Waals surface area contributed by atoms with Gasteiger partial charge in [-0.15, -0.1) is 0 Å². The summed E-state index contributed by atoms with van der Waals surface area (Å²) in [7, 11) is 0. The number of anilines is 1. The van der Waals surface area contributed by atoms with Crippen LogP contribution in [0.4, 0.5) is 19.0 Å². The van der Waals surface area contributed by atoms with Gasteiger partial charge in [-0.3, -0.25) is 9.88 Å². The van der Waals surface area contributed by atoms with Crippen molar-refractivity contribution < 1.29 is 32.9 Å². The van der Waals surface area contributed by atoms with Crippen molar-refractivity contribution in [3.63, 3.8) is 0 Å². The summed E-state index contributed by atoms with van der Waals surface area (Å²) in [4.78, 5) is 23.4. The molecule has 3 aromatic rings. The lowest BCUT2D eigenvalue weighted by Crippen LogP contribution is -2.54. The van der Waals surface area contributed by atoms with Gasteiger partial charge in [0.1, 0.15) is 17.6 Å². The molecule has 250 valence electrons. The quantitative estimate of drug-likeness (QED) is 0.336. The van der Waals surface area contributed by atoms with Gasteiger partial charge in [0.05, 0.1) is 34.7 Å². The second-order valence-corrected chi connectivity index (χ2v) is 12.4. The number of rotatable bonds is 6.